The molecule has 3 rings (SSSR count). The lowest BCUT2D eigenvalue weighted by Gasteiger charge is -2.27. The van der Waals surface area contributed by atoms with Gasteiger partial charge in [-0.05, 0) is 49.3 Å². The summed E-state index contributed by atoms with van der Waals surface area (Å²) in [6.45, 7) is 0. The quantitative estimate of drug-likeness (QED) is 0.723. The lowest BCUT2D eigenvalue weighted by atomic mass is 9.86. The maximum Gasteiger partial charge on any atom is 0.0349 e. The number of anilines is 1. The van der Waals surface area contributed by atoms with Gasteiger partial charge in [-0.1, -0.05) is 12.1 Å². The lowest BCUT2D eigenvalue weighted by Crippen LogP contribution is -2.27. The van der Waals surface area contributed by atoms with Crippen LogP contribution in [0.4, 0.5) is 5.69 Å². The Kier molecular flexibility index (Phi) is 2.17. The molecular weight excluding hydrogens is 184 g/mol. The van der Waals surface area contributed by atoms with E-state index in [1.165, 1.54) is 36.8 Å². The van der Waals surface area contributed by atoms with E-state index >= 15 is 0 Å². The molecule has 0 spiro atoms. The molecule has 2 aliphatic rings. The monoisotopic (exact) mass is 202 g/mol. The van der Waals surface area contributed by atoms with Gasteiger partial charge in [-0.25, -0.2) is 0 Å². The van der Waals surface area contributed by atoms with Crippen molar-refractivity contribution < 1.29 is 0 Å². The van der Waals surface area contributed by atoms with E-state index in [0.29, 0.717) is 6.04 Å². The Labute approximate surface area is 90.9 Å². The summed E-state index contributed by atoms with van der Waals surface area (Å²) in [5.74, 6) is 0. The Hall–Kier alpha value is -1.02. The van der Waals surface area contributed by atoms with Crippen LogP contribution in [0.5, 0.6) is 0 Å². The maximum absolute atomic E-state index is 6.02. The summed E-state index contributed by atoms with van der Waals surface area (Å²) in [5, 5.41) is 3.72. The topological polar surface area (TPSA) is 38.0 Å². The molecule has 80 valence electrons. The van der Waals surface area contributed by atoms with Gasteiger partial charge in [-0.2, -0.15) is 0 Å². The molecule has 2 nitrogen and oxygen atoms in total. The van der Waals surface area contributed by atoms with E-state index in [4.69, 9.17) is 5.73 Å². The molecule has 15 heavy (non-hydrogen) atoms. The number of hydrogen-bond acceptors (Lipinski definition) is 2. The first-order valence-corrected chi connectivity index (χ1v) is 5.98. The number of fused-ring (bicyclic) bond motifs is 1. The normalized spacial score (nSPS) is 24.9. The first kappa shape index (κ1) is 9.22. The second kappa shape index (κ2) is 3.53. The number of benzene rings is 1. The van der Waals surface area contributed by atoms with Crippen LogP contribution in [-0.2, 0) is 6.42 Å². The van der Waals surface area contributed by atoms with Gasteiger partial charge in [-0.15, -0.1) is 0 Å². The van der Waals surface area contributed by atoms with Crippen LogP contribution < -0.4 is 11.1 Å². The van der Waals surface area contributed by atoms with Crippen molar-refractivity contribution in [1.82, 2.24) is 5.32 Å². The Morgan fingerprint density at radius 2 is 2.07 bits per heavy atom. The summed E-state index contributed by atoms with van der Waals surface area (Å²) in [4.78, 5) is 0. The van der Waals surface area contributed by atoms with E-state index in [9.17, 15) is 0 Å². The highest BCUT2D eigenvalue weighted by atomic mass is 15.0. The fourth-order valence-electron chi connectivity index (χ4n) is 2.58. The Morgan fingerprint density at radius 1 is 1.20 bits per heavy atom. The summed E-state index contributed by atoms with van der Waals surface area (Å²) < 4.78 is 0. The van der Waals surface area contributed by atoms with E-state index in [0.717, 1.165) is 18.2 Å². The smallest absolute Gasteiger partial charge is 0.0349 e. The van der Waals surface area contributed by atoms with E-state index in [2.05, 4.69) is 17.4 Å². The maximum atomic E-state index is 6.02. The van der Waals surface area contributed by atoms with Crippen molar-refractivity contribution >= 4 is 5.69 Å². The van der Waals surface area contributed by atoms with Gasteiger partial charge < -0.3 is 11.1 Å². The molecule has 1 aromatic carbocycles. The Balaban J connectivity index is 1.91. The largest absolute Gasteiger partial charge is 0.398 e. The minimum absolute atomic E-state index is 0.560. The fourth-order valence-corrected chi connectivity index (χ4v) is 2.58. The molecule has 1 unspecified atom stereocenters. The zero-order valence-corrected chi connectivity index (χ0v) is 9.00. The molecule has 0 aliphatic heterocycles. The number of hydrogen-bond donors (Lipinski definition) is 2. The third kappa shape index (κ3) is 1.74. The summed E-state index contributed by atoms with van der Waals surface area (Å²) in [6, 6.07) is 7.69. The molecule has 2 heteroatoms. The van der Waals surface area contributed by atoms with Gasteiger partial charge in [-0.3, -0.25) is 0 Å². The van der Waals surface area contributed by atoms with Crippen LogP contribution in [0.2, 0.25) is 0 Å². The van der Waals surface area contributed by atoms with Gasteiger partial charge in [0, 0.05) is 17.8 Å². The van der Waals surface area contributed by atoms with Crippen LogP contribution >= 0.6 is 0 Å². The molecule has 1 aromatic rings. The molecule has 0 bridgehead atoms. The van der Waals surface area contributed by atoms with Crippen molar-refractivity contribution in [2.45, 2.75) is 44.2 Å². The number of rotatable bonds is 2. The predicted molar refractivity (Wildman–Crippen MR) is 62.7 cm³/mol. The molecule has 0 aromatic heterocycles. The molecule has 0 radical (unpaired) electrons. The van der Waals surface area contributed by atoms with Crippen molar-refractivity contribution in [3.05, 3.63) is 29.3 Å². The van der Waals surface area contributed by atoms with Crippen molar-refractivity contribution in [3.63, 3.8) is 0 Å². The van der Waals surface area contributed by atoms with Crippen molar-refractivity contribution in [2.75, 3.05) is 5.73 Å². The van der Waals surface area contributed by atoms with E-state index in [-0.39, 0.29) is 0 Å². The highest BCUT2D eigenvalue weighted by Gasteiger charge is 2.28. The van der Waals surface area contributed by atoms with E-state index in [1.807, 2.05) is 6.07 Å². The predicted octanol–water partition coefficient (Wildman–Crippen LogP) is 2.40. The molecule has 1 fully saturated rings. The third-order valence-corrected chi connectivity index (χ3v) is 3.56. The minimum Gasteiger partial charge on any atom is -0.398 e. The van der Waals surface area contributed by atoms with Gasteiger partial charge in [0.25, 0.3) is 0 Å². The molecule has 3 N–H and O–H groups in total. The van der Waals surface area contributed by atoms with E-state index < -0.39 is 0 Å². The average Bonchev–Trinajstić information content (AvgIpc) is 3.04. The van der Waals surface area contributed by atoms with Crippen LogP contribution in [0.25, 0.3) is 0 Å². The SMILES string of the molecule is Nc1cccc2c1CCCC2NC1CC1. The van der Waals surface area contributed by atoms with Crippen LogP contribution in [0.1, 0.15) is 42.9 Å². The van der Waals surface area contributed by atoms with Crippen molar-refractivity contribution in [1.29, 1.82) is 0 Å². The highest BCUT2D eigenvalue weighted by molar-refractivity contribution is 5.52. The van der Waals surface area contributed by atoms with Crippen LogP contribution in [0.3, 0.4) is 0 Å². The summed E-state index contributed by atoms with van der Waals surface area (Å²) in [6.07, 6.45) is 6.41. The van der Waals surface area contributed by atoms with Gasteiger partial charge in [0.1, 0.15) is 0 Å². The number of nitrogens with one attached hydrogen (secondary N) is 1. The zero-order valence-electron chi connectivity index (χ0n) is 9.00. The molecule has 0 heterocycles. The second-order valence-corrected chi connectivity index (χ2v) is 4.80. The van der Waals surface area contributed by atoms with Gasteiger partial charge in [0.2, 0.25) is 0 Å². The van der Waals surface area contributed by atoms with Crippen molar-refractivity contribution in [3.8, 4) is 0 Å². The second-order valence-electron chi connectivity index (χ2n) is 4.80. The average molecular weight is 202 g/mol. The third-order valence-electron chi connectivity index (χ3n) is 3.56. The highest BCUT2D eigenvalue weighted by Crippen LogP contribution is 2.35. The lowest BCUT2D eigenvalue weighted by molar-refractivity contribution is 0.458. The Bertz CT molecular complexity index is 369. The molecule has 0 saturated heterocycles. The molecule has 2 aliphatic carbocycles. The van der Waals surface area contributed by atoms with Crippen LogP contribution in [0, 0.1) is 0 Å². The van der Waals surface area contributed by atoms with E-state index in [1.54, 1.807) is 0 Å². The first-order valence-electron chi connectivity index (χ1n) is 5.98. The van der Waals surface area contributed by atoms with Crippen LogP contribution in [-0.4, -0.2) is 6.04 Å². The summed E-state index contributed by atoms with van der Waals surface area (Å²) in [7, 11) is 0. The van der Waals surface area contributed by atoms with Gasteiger partial charge >= 0.3 is 0 Å². The molecular formula is C13H18N2. The first-order chi connectivity index (χ1) is 7.34. The standard InChI is InChI=1S/C13H18N2/c14-12-5-1-4-11-10(12)3-2-6-13(11)15-9-7-8-9/h1,4-5,9,13,15H,2-3,6-8,14H2. The number of nitrogen functional groups attached to an aromatic ring is 1. The molecule has 0 amide bonds. The molecule has 1 saturated carbocycles. The van der Waals surface area contributed by atoms with Gasteiger partial charge in [0.05, 0.1) is 0 Å². The van der Waals surface area contributed by atoms with Crippen LogP contribution in [0.15, 0.2) is 18.2 Å². The minimum atomic E-state index is 0.560. The number of nitrogens with two attached hydrogens (primary N) is 1. The van der Waals surface area contributed by atoms with Crippen molar-refractivity contribution in [2.24, 2.45) is 0 Å². The fraction of sp³-hybridized carbons (Fsp3) is 0.538. The summed E-state index contributed by atoms with van der Waals surface area (Å²) in [5.41, 5.74) is 9.85. The summed E-state index contributed by atoms with van der Waals surface area (Å²) >= 11 is 0. The van der Waals surface area contributed by atoms with Gasteiger partial charge in [0.15, 0.2) is 0 Å². The zero-order chi connectivity index (χ0) is 10.3. The molecule has 1 atom stereocenters. The Morgan fingerprint density at radius 3 is 2.87 bits per heavy atom.